The molecule has 0 aliphatic heterocycles. The summed E-state index contributed by atoms with van der Waals surface area (Å²) in [5, 5.41) is 3.31. The number of hydrogen-bond acceptors (Lipinski definition) is 3. The number of carbonyl (C=O) groups excluding carboxylic acids is 1. The van der Waals surface area contributed by atoms with Gasteiger partial charge in [0.1, 0.15) is 0 Å². The second-order valence-corrected chi connectivity index (χ2v) is 6.08. The SMILES string of the molecule is CCC1(CC)C(OC)CC1N(C)C(=O)CNC1CC1.Cl. The lowest BCUT2D eigenvalue weighted by atomic mass is 9.58. The van der Waals surface area contributed by atoms with E-state index in [0.717, 1.165) is 19.3 Å². The van der Waals surface area contributed by atoms with Gasteiger partial charge in [0, 0.05) is 31.7 Å². The van der Waals surface area contributed by atoms with E-state index < -0.39 is 0 Å². The van der Waals surface area contributed by atoms with Crippen molar-refractivity contribution >= 4 is 18.3 Å². The summed E-state index contributed by atoms with van der Waals surface area (Å²) in [7, 11) is 3.74. The molecule has 2 aliphatic carbocycles. The predicted octanol–water partition coefficient (Wildman–Crippen LogP) is 2.21. The highest BCUT2D eigenvalue weighted by molar-refractivity contribution is 5.85. The van der Waals surface area contributed by atoms with E-state index in [2.05, 4.69) is 19.2 Å². The number of rotatable bonds is 7. The molecule has 118 valence electrons. The first-order valence-corrected chi connectivity index (χ1v) is 7.60. The number of nitrogens with zero attached hydrogens (tertiary/aromatic N) is 1. The zero-order valence-electron chi connectivity index (χ0n) is 13.1. The van der Waals surface area contributed by atoms with Crippen LogP contribution >= 0.6 is 12.4 Å². The van der Waals surface area contributed by atoms with E-state index in [-0.39, 0.29) is 23.7 Å². The normalized spacial score (nSPS) is 27.4. The number of methoxy groups -OCH3 is 1. The molecule has 20 heavy (non-hydrogen) atoms. The van der Waals surface area contributed by atoms with Crippen molar-refractivity contribution < 1.29 is 9.53 Å². The van der Waals surface area contributed by atoms with Crippen molar-refractivity contribution in [3.05, 3.63) is 0 Å². The first-order chi connectivity index (χ1) is 9.08. The molecule has 0 aromatic heterocycles. The van der Waals surface area contributed by atoms with Gasteiger partial charge in [0.05, 0.1) is 12.6 Å². The van der Waals surface area contributed by atoms with Crippen LogP contribution in [0.2, 0.25) is 0 Å². The molecule has 4 nitrogen and oxygen atoms in total. The van der Waals surface area contributed by atoms with E-state index in [1.54, 1.807) is 7.11 Å². The Labute approximate surface area is 129 Å². The molecule has 2 aliphatic rings. The minimum Gasteiger partial charge on any atom is -0.381 e. The Bertz CT molecular complexity index is 330. The maximum absolute atomic E-state index is 12.2. The van der Waals surface area contributed by atoms with Gasteiger partial charge in [-0.3, -0.25) is 4.79 Å². The minimum absolute atomic E-state index is 0. The molecule has 0 bridgehead atoms. The fourth-order valence-corrected chi connectivity index (χ4v) is 3.60. The standard InChI is InChI=1S/C15H28N2O2.ClH/c1-5-15(6-2)12(9-13(15)19-4)17(3)14(18)10-16-11-7-8-11;/h11-13,16H,5-10H2,1-4H3;1H. The van der Waals surface area contributed by atoms with Crippen molar-refractivity contribution in [3.63, 3.8) is 0 Å². The van der Waals surface area contributed by atoms with Gasteiger partial charge in [0.15, 0.2) is 0 Å². The van der Waals surface area contributed by atoms with E-state index in [9.17, 15) is 4.79 Å². The molecule has 0 radical (unpaired) electrons. The molecule has 1 amide bonds. The van der Waals surface area contributed by atoms with E-state index in [1.165, 1.54) is 12.8 Å². The molecule has 2 unspecified atom stereocenters. The van der Waals surface area contributed by atoms with Crippen LogP contribution in [0.4, 0.5) is 0 Å². The quantitative estimate of drug-likeness (QED) is 0.784. The van der Waals surface area contributed by atoms with Crippen LogP contribution in [0.3, 0.4) is 0 Å². The lowest BCUT2D eigenvalue weighted by molar-refractivity contribution is -0.169. The van der Waals surface area contributed by atoms with Gasteiger partial charge in [-0.25, -0.2) is 0 Å². The largest absolute Gasteiger partial charge is 0.381 e. The van der Waals surface area contributed by atoms with Crippen LogP contribution < -0.4 is 5.32 Å². The molecule has 0 aromatic carbocycles. The molecule has 2 rings (SSSR count). The summed E-state index contributed by atoms with van der Waals surface area (Å²) in [5.41, 5.74) is 0.152. The zero-order chi connectivity index (χ0) is 14.0. The van der Waals surface area contributed by atoms with Gasteiger partial charge >= 0.3 is 0 Å². The number of ether oxygens (including phenoxy) is 1. The third-order valence-electron chi connectivity index (χ3n) is 5.32. The lowest BCUT2D eigenvalue weighted by Crippen LogP contribution is -2.65. The summed E-state index contributed by atoms with van der Waals surface area (Å²) >= 11 is 0. The van der Waals surface area contributed by atoms with Gasteiger partial charge in [0.25, 0.3) is 0 Å². The molecular weight excluding hydrogens is 276 g/mol. The van der Waals surface area contributed by atoms with E-state index in [4.69, 9.17) is 4.74 Å². The highest BCUT2D eigenvalue weighted by Crippen LogP contribution is 2.50. The van der Waals surface area contributed by atoms with Gasteiger partial charge in [-0.1, -0.05) is 13.8 Å². The number of hydrogen-bond donors (Lipinski definition) is 1. The molecule has 0 heterocycles. The van der Waals surface area contributed by atoms with Crippen molar-refractivity contribution in [3.8, 4) is 0 Å². The Morgan fingerprint density at radius 1 is 1.35 bits per heavy atom. The van der Waals surface area contributed by atoms with Crippen LogP contribution in [-0.2, 0) is 9.53 Å². The van der Waals surface area contributed by atoms with Gasteiger partial charge in [-0.05, 0) is 32.1 Å². The first-order valence-electron chi connectivity index (χ1n) is 7.60. The number of carbonyl (C=O) groups is 1. The summed E-state index contributed by atoms with van der Waals surface area (Å²) < 4.78 is 5.60. The van der Waals surface area contributed by atoms with Crippen molar-refractivity contribution in [1.29, 1.82) is 0 Å². The Morgan fingerprint density at radius 3 is 2.40 bits per heavy atom. The maximum Gasteiger partial charge on any atom is 0.236 e. The highest BCUT2D eigenvalue weighted by atomic mass is 35.5. The molecule has 1 N–H and O–H groups in total. The fourth-order valence-electron chi connectivity index (χ4n) is 3.60. The molecule has 2 atom stereocenters. The number of nitrogens with one attached hydrogen (secondary N) is 1. The third-order valence-corrected chi connectivity index (χ3v) is 5.32. The average Bonchev–Trinajstić information content (AvgIpc) is 3.21. The van der Waals surface area contributed by atoms with Crippen LogP contribution in [0.5, 0.6) is 0 Å². The molecular formula is C15H29ClN2O2. The highest BCUT2D eigenvalue weighted by Gasteiger charge is 2.55. The molecule has 0 spiro atoms. The molecule has 2 fully saturated rings. The van der Waals surface area contributed by atoms with Crippen LogP contribution in [0, 0.1) is 5.41 Å². The topological polar surface area (TPSA) is 41.6 Å². The summed E-state index contributed by atoms with van der Waals surface area (Å²) in [4.78, 5) is 14.2. The average molecular weight is 305 g/mol. The monoisotopic (exact) mass is 304 g/mol. The number of halogens is 1. The first kappa shape index (κ1) is 17.7. The van der Waals surface area contributed by atoms with E-state index in [1.807, 2.05) is 11.9 Å². The molecule has 0 saturated heterocycles. The molecule has 0 aromatic rings. The minimum atomic E-state index is 0. The van der Waals surface area contributed by atoms with Gasteiger partial charge in [0.2, 0.25) is 5.91 Å². The van der Waals surface area contributed by atoms with E-state index >= 15 is 0 Å². The lowest BCUT2D eigenvalue weighted by Gasteiger charge is -2.57. The number of likely N-dealkylation sites (N-methyl/N-ethyl adjacent to an activating group) is 1. The Balaban J connectivity index is 0.00000200. The zero-order valence-corrected chi connectivity index (χ0v) is 14.0. The van der Waals surface area contributed by atoms with Crippen molar-refractivity contribution in [2.75, 3.05) is 20.7 Å². The number of amides is 1. The maximum atomic E-state index is 12.2. The molecule has 2 saturated carbocycles. The van der Waals surface area contributed by atoms with Crippen molar-refractivity contribution in [1.82, 2.24) is 10.2 Å². The predicted molar refractivity (Wildman–Crippen MR) is 83.3 cm³/mol. The van der Waals surface area contributed by atoms with Gasteiger partial charge in [-0.2, -0.15) is 0 Å². The van der Waals surface area contributed by atoms with Crippen LogP contribution in [0.25, 0.3) is 0 Å². The summed E-state index contributed by atoms with van der Waals surface area (Å²) in [6.45, 7) is 4.91. The molecule has 5 heteroatoms. The Hall–Kier alpha value is -0.320. The smallest absolute Gasteiger partial charge is 0.236 e. The van der Waals surface area contributed by atoms with E-state index in [0.29, 0.717) is 24.7 Å². The van der Waals surface area contributed by atoms with Gasteiger partial charge < -0.3 is 15.0 Å². The second-order valence-electron chi connectivity index (χ2n) is 6.08. The van der Waals surface area contributed by atoms with Crippen LogP contribution in [0.1, 0.15) is 46.0 Å². The summed E-state index contributed by atoms with van der Waals surface area (Å²) in [5.74, 6) is 0.220. The Kier molecular flexibility index (Phi) is 6.29. The van der Waals surface area contributed by atoms with Crippen LogP contribution in [0.15, 0.2) is 0 Å². The van der Waals surface area contributed by atoms with Crippen molar-refractivity contribution in [2.45, 2.75) is 64.1 Å². The van der Waals surface area contributed by atoms with Gasteiger partial charge in [-0.15, -0.1) is 12.4 Å². The summed E-state index contributed by atoms with van der Waals surface area (Å²) in [6.07, 6.45) is 5.86. The fraction of sp³-hybridized carbons (Fsp3) is 0.933. The summed E-state index contributed by atoms with van der Waals surface area (Å²) in [6, 6.07) is 0.925. The third kappa shape index (κ3) is 3.12. The van der Waals surface area contributed by atoms with Crippen LogP contribution in [-0.4, -0.2) is 49.7 Å². The Morgan fingerprint density at radius 2 is 1.95 bits per heavy atom. The second kappa shape index (κ2) is 7.10. The van der Waals surface area contributed by atoms with Crippen molar-refractivity contribution in [2.24, 2.45) is 5.41 Å².